The molecule has 0 fully saturated rings. The summed E-state index contributed by atoms with van der Waals surface area (Å²) in [6.45, 7) is 4.84. The van der Waals surface area contributed by atoms with Crippen LogP contribution >= 0.6 is 22.9 Å². The van der Waals surface area contributed by atoms with Crippen molar-refractivity contribution in [2.24, 2.45) is 0 Å². The summed E-state index contributed by atoms with van der Waals surface area (Å²) in [5.41, 5.74) is 0.214. The van der Waals surface area contributed by atoms with Gasteiger partial charge in [0.2, 0.25) is 5.91 Å². The molecule has 0 aliphatic heterocycles. The lowest BCUT2D eigenvalue weighted by Crippen LogP contribution is -2.32. The van der Waals surface area contributed by atoms with Crippen LogP contribution in [-0.4, -0.2) is 23.9 Å². The summed E-state index contributed by atoms with van der Waals surface area (Å²) < 4.78 is 26.7. The van der Waals surface area contributed by atoms with Gasteiger partial charge in [-0.05, 0) is 24.3 Å². The molecule has 0 bridgehead atoms. The van der Waals surface area contributed by atoms with Crippen LogP contribution in [0.15, 0.2) is 43.0 Å². The van der Waals surface area contributed by atoms with E-state index in [4.69, 9.17) is 11.6 Å². The minimum absolute atomic E-state index is 0.0978. The van der Waals surface area contributed by atoms with Gasteiger partial charge in [0.15, 0.2) is 11.6 Å². The number of amides is 1. The number of nitrogens with zero attached hydrogens (tertiary/aromatic N) is 1. The van der Waals surface area contributed by atoms with E-state index in [1.165, 1.54) is 17.4 Å². The molecule has 1 N–H and O–H groups in total. The molecule has 2 aromatic rings. The van der Waals surface area contributed by atoms with Gasteiger partial charge in [-0.2, -0.15) is 0 Å². The molecule has 1 aromatic carbocycles. The Morgan fingerprint density at radius 1 is 1.30 bits per heavy atom. The second-order valence-corrected chi connectivity index (χ2v) is 6.64. The molecule has 0 unspecified atom stereocenters. The number of rotatable bonds is 7. The quantitative estimate of drug-likeness (QED) is 0.750. The number of hydrogen-bond donors (Lipinski definition) is 1. The van der Waals surface area contributed by atoms with Crippen molar-refractivity contribution in [3.63, 3.8) is 0 Å². The van der Waals surface area contributed by atoms with Crippen molar-refractivity contribution in [3.8, 4) is 0 Å². The van der Waals surface area contributed by atoms with E-state index in [2.05, 4.69) is 11.9 Å². The van der Waals surface area contributed by atoms with Gasteiger partial charge in [-0.1, -0.05) is 17.7 Å². The lowest BCUT2D eigenvalue weighted by Gasteiger charge is -2.19. The predicted molar refractivity (Wildman–Crippen MR) is 89.8 cm³/mol. The number of hydrogen-bond acceptors (Lipinski definition) is 3. The Kier molecular flexibility index (Phi) is 6.27. The summed E-state index contributed by atoms with van der Waals surface area (Å²) >= 11 is 7.34. The molecule has 122 valence electrons. The van der Waals surface area contributed by atoms with Gasteiger partial charge in [-0.15, -0.1) is 17.9 Å². The van der Waals surface area contributed by atoms with E-state index in [1.807, 2.05) is 11.0 Å². The van der Waals surface area contributed by atoms with E-state index in [-0.39, 0.29) is 18.1 Å². The molecule has 0 saturated heterocycles. The van der Waals surface area contributed by atoms with Crippen LogP contribution in [0.3, 0.4) is 0 Å². The lowest BCUT2D eigenvalue weighted by atomic mass is 10.3. The Morgan fingerprint density at radius 3 is 2.70 bits per heavy atom. The van der Waals surface area contributed by atoms with Gasteiger partial charge in [0.25, 0.3) is 0 Å². The van der Waals surface area contributed by atoms with Gasteiger partial charge in [0.05, 0.1) is 10.9 Å². The number of benzene rings is 1. The van der Waals surface area contributed by atoms with Crippen molar-refractivity contribution in [1.82, 2.24) is 4.90 Å². The fourth-order valence-corrected chi connectivity index (χ4v) is 3.13. The summed E-state index contributed by atoms with van der Waals surface area (Å²) in [6.07, 6.45) is 1.69. The van der Waals surface area contributed by atoms with Crippen LogP contribution in [0, 0.1) is 11.6 Å². The first-order valence-electron chi connectivity index (χ1n) is 6.80. The normalized spacial score (nSPS) is 10.8. The van der Waals surface area contributed by atoms with Crippen molar-refractivity contribution in [3.05, 3.63) is 63.8 Å². The van der Waals surface area contributed by atoms with Gasteiger partial charge in [-0.3, -0.25) is 9.69 Å². The molecule has 1 aromatic heterocycles. The van der Waals surface area contributed by atoms with Crippen LogP contribution in [0.4, 0.5) is 14.5 Å². The summed E-state index contributed by atoms with van der Waals surface area (Å²) in [5.74, 6) is -2.27. The monoisotopic (exact) mass is 356 g/mol. The maximum absolute atomic E-state index is 13.1. The molecular formula is C16H15ClF2N2OS. The second-order valence-electron chi connectivity index (χ2n) is 4.84. The fraction of sp³-hybridized carbons (Fsp3) is 0.188. The smallest absolute Gasteiger partial charge is 0.238 e. The van der Waals surface area contributed by atoms with Crippen LogP contribution in [0.2, 0.25) is 4.34 Å². The van der Waals surface area contributed by atoms with Crippen LogP contribution in [0.1, 0.15) is 4.88 Å². The van der Waals surface area contributed by atoms with E-state index in [0.717, 1.165) is 17.0 Å². The molecule has 7 heteroatoms. The molecule has 0 spiro atoms. The highest BCUT2D eigenvalue weighted by molar-refractivity contribution is 7.16. The standard InChI is InChI=1S/C16H15ClF2N2OS/c1-2-7-21(9-12-4-6-15(17)23-12)10-16(22)20-11-3-5-13(18)14(19)8-11/h2-6,8H,1,7,9-10H2,(H,20,22). The first kappa shape index (κ1) is 17.6. The highest BCUT2D eigenvalue weighted by Gasteiger charge is 2.12. The van der Waals surface area contributed by atoms with Crippen LogP contribution < -0.4 is 5.32 Å². The molecule has 0 aliphatic rings. The Morgan fingerprint density at radius 2 is 2.09 bits per heavy atom. The number of halogens is 3. The molecule has 1 heterocycles. The second kappa shape index (κ2) is 8.19. The number of nitrogens with one attached hydrogen (secondary N) is 1. The number of carbonyl (C=O) groups is 1. The Hall–Kier alpha value is -1.76. The van der Waals surface area contributed by atoms with Crippen molar-refractivity contribution in [2.45, 2.75) is 6.54 Å². The zero-order chi connectivity index (χ0) is 16.8. The van der Waals surface area contributed by atoms with Crippen LogP contribution in [-0.2, 0) is 11.3 Å². The molecule has 23 heavy (non-hydrogen) atoms. The van der Waals surface area contributed by atoms with Crippen molar-refractivity contribution in [2.75, 3.05) is 18.4 Å². The summed E-state index contributed by atoms with van der Waals surface area (Å²) in [4.78, 5) is 15.0. The zero-order valence-electron chi connectivity index (χ0n) is 12.2. The molecule has 3 nitrogen and oxygen atoms in total. The SMILES string of the molecule is C=CCN(CC(=O)Nc1ccc(F)c(F)c1)Cc1ccc(Cl)s1. The molecule has 0 aliphatic carbocycles. The van der Waals surface area contributed by atoms with Crippen molar-refractivity contribution < 1.29 is 13.6 Å². The first-order valence-corrected chi connectivity index (χ1v) is 7.99. The van der Waals surface area contributed by atoms with Gasteiger partial charge < -0.3 is 5.32 Å². The summed E-state index contributed by atoms with van der Waals surface area (Å²) in [5, 5.41) is 2.55. The average Bonchev–Trinajstić information content (AvgIpc) is 2.88. The summed E-state index contributed by atoms with van der Waals surface area (Å²) in [7, 11) is 0. The maximum atomic E-state index is 13.1. The third kappa shape index (κ3) is 5.42. The van der Waals surface area contributed by atoms with Crippen LogP contribution in [0.5, 0.6) is 0 Å². The Labute approximate surface area is 142 Å². The van der Waals surface area contributed by atoms with E-state index < -0.39 is 11.6 Å². The highest BCUT2D eigenvalue weighted by Crippen LogP contribution is 2.22. The maximum Gasteiger partial charge on any atom is 0.238 e. The molecule has 0 saturated carbocycles. The van der Waals surface area contributed by atoms with E-state index in [1.54, 1.807) is 12.1 Å². The minimum Gasteiger partial charge on any atom is -0.325 e. The van der Waals surface area contributed by atoms with Gasteiger partial charge >= 0.3 is 0 Å². The van der Waals surface area contributed by atoms with Crippen molar-refractivity contribution in [1.29, 1.82) is 0 Å². The molecule has 0 atom stereocenters. The summed E-state index contributed by atoms with van der Waals surface area (Å²) in [6, 6.07) is 6.93. The number of carbonyl (C=O) groups excluding carboxylic acids is 1. The van der Waals surface area contributed by atoms with Gasteiger partial charge in [0, 0.05) is 29.7 Å². The Balaban J connectivity index is 1.96. The minimum atomic E-state index is -1.00. The van der Waals surface area contributed by atoms with Crippen molar-refractivity contribution >= 4 is 34.5 Å². The lowest BCUT2D eigenvalue weighted by molar-refractivity contribution is -0.117. The molecule has 0 radical (unpaired) electrons. The molecule has 1 amide bonds. The number of anilines is 1. The third-order valence-electron chi connectivity index (χ3n) is 2.97. The number of thiophene rings is 1. The highest BCUT2D eigenvalue weighted by atomic mass is 35.5. The molecule has 2 rings (SSSR count). The van der Waals surface area contributed by atoms with Gasteiger partial charge in [0.1, 0.15) is 0 Å². The van der Waals surface area contributed by atoms with E-state index in [0.29, 0.717) is 17.4 Å². The predicted octanol–water partition coefficient (Wildman–Crippen LogP) is 4.31. The van der Waals surface area contributed by atoms with E-state index in [9.17, 15) is 13.6 Å². The zero-order valence-corrected chi connectivity index (χ0v) is 13.8. The third-order valence-corrected chi connectivity index (χ3v) is 4.18. The topological polar surface area (TPSA) is 32.3 Å². The van der Waals surface area contributed by atoms with Gasteiger partial charge in [-0.25, -0.2) is 8.78 Å². The first-order chi connectivity index (χ1) is 11.0. The fourth-order valence-electron chi connectivity index (χ4n) is 2.00. The Bertz CT molecular complexity index is 705. The average molecular weight is 357 g/mol. The van der Waals surface area contributed by atoms with Crippen LogP contribution in [0.25, 0.3) is 0 Å². The largest absolute Gasteiger partial charge is 0.325 e. The molecular weight excluding hydrogens is 342 g/mol. The van der Waals surface area contributed by atoms with E-state index >= 15 is 0 Å².